The molecule has 5 heteroatoms. The maximum Gasteiger partial charge on any atom is 0.254 e. The van der Waals surface area contributed by atoms with Crippen molar-refractivity contribution in [2.45, 2.75) is 18.8 Å². The minimum Gasteiger partial charge on any atom is -0.508 e. The standard InChI is InChI=1S/C28H26N2O3/c1-33-23-12-8-21(9-13-23)27-18-25(24-4-2-3-5-26(24)29-27)28(32)30-16-14-20(15-17-30)19-6-10-22(31)11-7-19/h2-13,18,20,31H,14-17H2,1H3. The van der Waals surface area contributed by atoms with Crippen molar-refractivity contribution in [3.63, 3.8) is 0 Å². The van der Waals surface area contributed by atoms with Crippen molar-refractivity contribution >= 4 is 16.8 Å². The first kappa shape index (κ1) is 21.0. The maximum atomic E-state index is 13.6. The molecule has 1 aromatic heterocycles. The van der Waals surface area contributed by atoms with E-state index in [2.05, 4.69) is 0 Å². The van der Waals surface area contributed by atoms with Gasteiger partial charge in [0, 0.05) is 24.0 Å². The van der Waals surface area contributed by atoms with Crippen LogP contribution in [0.1, 0.15) is 34.7 Å². The van der Waals surface area contributed by atoms with Crippen LogP contribution in [0.3, 0.4) is 0 Å². The Hall–Kier alpha value is -3.86. The minimum absolute atomic E-state index is 0.0486. The van der Waals surface area contributed by atoms with Crippen LogP contribution in [-0.2, 0) is 0 Å². The van der Waals surface area contributed by atoms with Crippen molar-refractivity contribution in [1.29, 1.82) is 0 Å². The Morgan fingerprint density at radius 1 is 0.970 bits per heavy atom. The summed E-state index contributed by atoms with van der Waals surface area (Å²) in [6.45, 7) is 1.41. The molecule has 1 N–H and O–H groups in total. The van der Waals surface area contributed by atoms with Crippen LogP contribution in [0.25, 0.3) is 22.2 Å². The van der Waals surface area contributed by atoms with Gasteiger partial charge in [-0.25, -0.2) is 4.98 Å². The molecular weight excluding hydrogens is 412 g/mol. The molecule has 5 rings (SSSR count). The van der Waals surface area contributed by atoms with Gasteiger partial charge in [-0.05, 0) is 72.9 Å². The van der Waals surface area contributed by atoms with Gasteiger partial charge in [-0.3, -0.25) is 4.79 Å². The van der Waals surface area contributed by atoms with Gasteiger partial charge in [0.15, 0.2) is 0 Å². The van der Waals surface area contributed by atoms with Gasteiger partial charge in [-0.15, -0.1) is 0 Å². The molecule has 0 bridgehead atoms. The summed E-state index contributed by atoms with van der Waals surface area (Å²) in [6, 6.07) is 24.9. The Balaban J connectivity index is 1.42. The molecule has 1 amide bonds. The molecular formula is C28H26N2O3. The van der Waals surface area contributed by atoms with E-state index in [-0.39, 0.29) is 11.7 Å². The van der Waals surface area contributed by atoms with Crippen LogP contribution >= 0.6 is 0 Å². The molecule has 0 atom stereocenters. The molecule has 0 radical (unpaired) electrons. The number of hydrogen-bond acceptors (Lipinski definition) is 4. The Bertz CT molecular complexity index is 1280. The lowest BCUT2D eigenvalue weighted by Gasteiger charge is -2.32. The first-order chi connectivity index (χ1) is 16.1. The number of benzene rings is 3. The molecule has 1 fully saturated rings. The van der Waals surface area contributed by atoms with E-state index in [0.717, 1.165) is 40.8 Å². The lowest BCUT2D eigenvalue weighted by molar-refractivity contribution is 0.0715. The van der Waals surface area contributed by atoms with E-state index in [9.17, 15) is 9.90 Å². The fourth-order valence-electron chi connectivity index (χ4n) is 4.59. The number of methoxy groups -OCH3 is 1. The molecule has 1 aliphatic heterocycles. The highest BCUT2D eigenvalue weighted by Gasteiger charge is 2.26. The molecule has 0 unspecified atom stereocenters. The van der Waals surface area contributed by atoms with Gasteiger partial charge < -0.3 is 14.7 Å². The maximum absolute atomic E-state index is 13.6. The first-order valence-corrected chi connectivity index (χ1v) is 11.2. The highest BCUT2D eigenvalue weighted by molar-refractivity contribution is 6.07. The van der Waals surface area contributed by atoms with Crippen LogP contribution in [0.5, 0.6) is 11.5 Å². The number of para-hydroxylation sites is 1. The fraction of sp³-hybridized carbons (Fsp3) is 0.214. The van der Waals surface area contributed by atoms with E-state index in [1.165, 1.54) is 5.56 Å². The highest BCUT2D eigenvalue weighted by Crippen LogP contribution is 2.31. The van der Waals surface area contributed by atoms with Crippen LogP contribution in [0.4, 0.5) is 0 Å². The van der Waals surface area contributed by atoms with Crippen molar-refractivity contribution in [1.82, 2.24) is 9.88 Å². The van der Waals surface area contributed by atoms with E-state index in [0.29, 0.717) is 24.6 Å². The molecule has 0 aliphatic carbocycles. The highest BCUT2D eigenvalue weighted by atomic mass is 16.5. The number of carbonyl (C=O) groups excluding carboxylic acids is 1. The normalized spacial score (nSPS) is 14.4. The molecule has 0 saturated carbocycles. The second-order valence-corrected chi connectivity index (χ2v) is 8.46. The number of fused-ring (bicyclic) bond motifs is 1. The Morgan fingerprint density at radius 3 is 2.36 bits per heavy atom. The zero-order valence-corrected chi connectivity index (χ0v) is 18.6. The van der Waals surface area contributed by atoms with Crippen molar-refractivity contribution < 1.29 is 14.6 Å². The summed E-state index contributed by atoms with van der Waals surface area (Å²) in [5.41, 5.74) is 4.44. The zero-order valence-electron chi connectivity index (χ0n) is 18.6. The number of phenols is 1. The quantitative estimate of drug-likeness (QED) is 0.448. The Kier molecular flexibility index (Phi) is 5.69. The largest absolute Gasteiger partial charge is 0.508 e. The third-order valence-corrected chi connectivity index (χ3v) is 6.48. The summed E-state index contributed by atoms with van der Waals surface area (Å²) < 4.78 is 5.27. The van der Waals surface area contributed by atoms with Gasteiger partial charge in [0.1, 0.15) is 11.5 Å². The smallest absolute Gasteiger partial charge is 0.254 e. The van der Waals surface area contributed by atoms with Gasteiger partial charge in [0.05, 0.1) is 23.9 Å². The Labute approximate surface area is 193 Å². The van der Waals surface area contributed by atoms with Gasteiger partial charge >= 0.3 is 0 Å². The molecule has 1 saturated heterocycles. The molecule has 0 spiro atoms. The van der Waals surface area contributed by atoms with Crippen LogP contribution in [-0.4, -0.2) is 41.1 Å². The average molecular weight is 439 g/mol. The number of likely N-dealkylation sites (tertiary alicyclic amines) is 1. The van der Waals surface area contributed by atoms with Crippen LogP contribution in [0, 0.1) is 0 Å². The summed E-state index contributed by atoms with van der Waals surface area (Å²) in [5.74, 6) is 1.52. The van der Waals surface area contributed by atoms with E-state index >= 15 is 0 Å². The second kappa shape index (κ2) is 8.94. The molecule has 166 valence electrons. The summed E-state index contributed by atoms with van der Waals surface area (Å²) in [7, 11) is 1.64. The SMILES string of the molecule is COc1ccc(-c2cc(C(=O)N3CCC(c4ccc(O)cc4)CC3)c3ccccc3n2)cc1. The predicted octanol–water partition coefficient (Wildman–Crippen LogP) is 5.64. The number of carbonyl (C=O) groups is 1. The lowest BCUT2D eigenvalue weighted by atomic mass is 9.89. The number of aromatic nitrogens is 1. The molecule has 4 aromatic rings. The lowest BCUT2D eigenvalue weighted by Crippen LogP contribution is -2.38. The first-order valence-electron chi connectivity index (χ1n) is 11.2. The van der Waals surface area contributed by atoms with E-state index < -0.39 is 0 Å². The third-order valence-electron chi connectivity index (χ3n) is 6.48. The molecule has 3 aromatic carbocycles. The summed E-state index contributed by atoms with van der Waals surface area (Å²) >= 11 is 0. The average Bonchev–Trinajstić information content (AvgIpc) is 2.88. The third kappa shape index (κ3) is 4.27. The number of piperidine rings is 1. The number of aromatic hydroxyl groups is 1. The van der Waals surface area contributed by atoms with Gasteiger partial charge in [0.2, 0.25) is 0 Å². The zero-order chi connectivity index (χ0) is 22.8. The Morgan fingerprint density at radius 2 is 1.67 bits per heavy atom. The molecule has 33 heavy (non-hydrogen) atoms. The van der Waals surface area contributed by atoms with E-state index in [1.54, 1.807) is 19.2 Å². The summed E-state index contributed by atoms with van der Waals surface area (Å²) in [6.07, 6.45) is 1.82. The van der Waals surface area contributed by atoms with E-state index in [1.807, 2.05) is 71.6 Å². The van der Waals surface area contributed by atoms with Crippen LogP contribution in [0.2, 0.25) is 0 Å². The van der Waals surface area contributed by atoms with Crippen molar-refractivity contribution in [2.75, 3.05) is 20.2 Å². The number of pyridine rings is 1. The molecule has 2 heterocycles. The van der Waals surface area contributed by atoms with E-state index in [4.69, 9.17) is 9.72 Å². The van der Waals surface area contributed by atoms with Gasteiger partial charge in [0.25, 0.3) is 5.91 Å². The molecule has 5 nitrogen and oxygen atoms in total. The summed E-state index contributed by atoms with van der Waals surface area (Å²) in [5, 5.41) is 10.4. The number of phenolic OH excluding ortho intramolecular Hbond substituents is 1. The van der Waals surface area contributed by atoms with Crippen LogP contribution in [0.15, 0.2) is 78.9 Å². The molecule has 1 aliphatic rings. The number of rotatable bonds is 4. The topological polar surface area (TPSA) is 62.7 Å². The van der Waals surface area contributed by atoms with Crippen LogP contribution < -0.4 is 4.74 Å². The minimum atomic E-state index is 0.0486. The monoisotopic (exact) mass is 438 g/mol. The van der Waals surface area contributed by atoms with Crippen molar-refractivity contribution in [2.24, 2.45) is 0 Å². The fourth-order valence-corrected chi connectivity index (χ4v) is 4.59. The van der Waals surface area contributed by atoms with Crippen molar-refractivity contribution in [3.05, 3.63) is 90.0 Å². The van der Waals surface area contributed by atoms with Gasteiger partial charge in [-0.2, -0.15) is 0 Å². The number of hydrogen-bond donors (Lipinski definition) is 1. The predicted molar refractivity (Wildman–Crippen MR) is 130 cm³/mol. The summed E-state index contributed by atoms with van der Waals surface area (Å²) in [4.78, 5) is 20.4. The number of nitrogens with zero attached hydrogens (tertiary/aromatic N) is 2. The van der Waals surface area contributed by atoms with Crippen molar-refractivity contribution in [3.8, 4) is 22.8 Å². The second-order valence-electron chi connectivity index (χ2n) is 8.46. The van der Waals surface area contributed by atoms with Gasteiger partial charge in [-0.1, -0.05) is 30.3 Å². The number of amides is 1. The number of ether oxygens (including phenoxy) is 1.